The van der Waals surface area contributed by atoms with Crippen molar-refractivity contribution in [3.05, 3.63) is 0 Å². The fourth-order valence-corrected chi connectivity index (χ4v) is 4.41. The molecule has 2 rings (SSSR count). The van der Waals surface area contributed by atoms with Gasteiger partial charge >= 0.3 is 0 Å². The molecule has 1 aromatic heterocycles. The number of quaternary nitrogens is 1. The quantitative estimate of drug-likeness (QED) is 0.495. The van der Waals surface area contributed by atoms with E-state index in [-0.39, 0.29) is 11.2 Å². The zero-order valence-electron chi connectivity index (χ0n) is 14.0. The summed E-state index contributed by atoms with van der Waals surface area (Å²) in [7, 11) is 3.53. The number of carbonyl (C=O) groups excluding carboxylic acids is 1. The highest BCUT2D eigenvalue weighted by Crippen LogP contribution is 2.29. The molecule has 0 aromatic carbocycles. The normalized spacial score (nSPS) is 17.0. The minimum atomic E-state index is -0.143. The minimum absolute atomic E-state index is 0.0909. The van der Waals surface area contributed by atoms with Crippen LogP contribution in [0.25, 0.3) is 0 Å². The van der Waals surface area contributed by atoms with Gasteiger partial charge in [0.1, 0.15) is 13.1 Å². The first-order valence-electron chi connectivity index (χ1n) is 7.93. The summed E-state index contributed by atoms with van der Waals surface area (Å²) < 4.78 is 6.19. The fraction of sp³-hybridized carbons (Fsp3) is 0.786. The Kier molecular flexibility index (Phi) is 7.54. The molecule has 7 nitrogen and oxygen atoms in total. The monoisotopic (exact) mass is 360 g/mol. The standard InChI is InChI=1S/C14H25N5O2S2/c1-11(12(20)18(2)3)22-14-17-16-13(23-14)15-5-4-6-19-7-9-21-10-8-19/h11H,4-10H2,1-3H3,(H,15,16)/p+1/t11-/m1/s1. The summed E-state index contributed by atoms with van der Waals surface area (Å²) >= 11 is 2.97. The summed E-state index contributed by atoms with van der Waals surface area (Å²) in [4.78, 5) is 15.1. The number of hydrogen-bond donors (Lipinski definition) is 2. The first kappa shape index (κ1) is 18.4. The van der Waals surface area contributed by atoms with E-state index in [1.54, 1.807) is 23.9 Å². The van der Waals surface area contributed by atoms with Crippen LogP contribution in [0.1, 0.15) is 13.3 Å². The smallest absolute Gasteiger partial charge is 0.235 e. The maximum Gasteiger partial charge on any atom is 0.235 e. The highest BCUT2D eigenvalue weighted by molar-refractivity contribution is 8.02. The van der Waals surface area contributed by atoms with E-state index in [2.05, 4.69) is 15.5 Å². The molecule has 1 saturated heterocycles. The van der Waals surface area contributed by atoms with Gasteiger partial charge in [-0.3, -0.25) is 4.79 Å². The van der Waals surface area contributed by atoms with E-state index >= 15 is 0 Å². The Morgan fingerprint density at radius 2 is 2.17 bits per heavy atom. The van der Waals surface area contributed by atoms with Gasteiger partial charge in [-0.15, -0.1) is 10.2 Å². The maximum absolute atomic E-state index is 11.8. The van der Waals surface area contributed by atoms with E-state index < -0.39 is 0 Å². The van der Waals surface area contributed by atoms with Crippen molar-refractivity contribution in [2.45, 2.75) is 22.9 Å². The molecule has 23 heavy (non-hydrogen) atoms. The van der Waals surface area contributed by atoms with Crippen LogP contribution in [-0.2, 0) is 9.53 Å². The third-order valence-corrected chi connectivity index (χ3v) is 5.71. The van der Waals surface area contributed by atoms with Crippen molar-refractivity contribution in [3.8, 4) is 0 Å². The molecule has 1 aliphatic rings. The lowest BCUT2D eigenvalue weighted by molar-refractivity contribution is -0.908. The van der Waals surface area contributed by atoms with Gasteiger partial charge in [-0.1, -0.05) is 23.1 Å². The summed E-state index contributed by atoms with van der Waals surface area (Å²) in [5, 5.41) is 12.3. The molecule has 1 aromatic rings. The molecule has 1 amide bonds. The SMILES string of the molecule is C[C@@H](Sc1nnc(NCCC[NH+]2CCOCC2)s1)C(=O)N(C)C. The Morgan fingerprint density at radius 1 is 1.43 bits per heavy atom. The lowest BCUT2D eigenvalue weighted by Crippen LogP contribution is -3.14. The summed E-state index contributed by atoms with van der Waals surface area (Å²) in [5.41, 5.74) is 0. The highest BCUT2D eigenvalue weighted by atomic mass is 32.2. The summed E-state index contributed by atoms with van der Waals surface area (Å²) in [6.07, 6.45) is 1.10. The van der Waals surface area contributed by atoms with Crippen LogP contribution in [0.2, 0.25) is 0 Å². The number of hydrogen-bond acceptors (Lipinski definition) is 7. The van der Waals surface area contributed by atoms with E-state index in [1.807, 2.05) is 6.92 Å². The molecular formula is C14H26N5O2S2+. The second-order valence-electron chi connectivity index (χ2n) is 5.76. The molecule has 0 bridgehead atoms. The van der Waals surface area contributed by atoms with Crippen molar-refractivity contribution in [2.75, 3.05) is 58.8 Å². The second kappa shape index (κ2) is 9.41. The molecule has 0 spiro atoms. The number of amides is 1. The molecule has 130 valence electrons. The Bertz CT molecular complexity index is 491. The number of aromatic nitrogens is 2. The molecule has 2 N–H and O–H groups in total. The van der Waals surface area contributed by atoms with E-state index in [1.165, 1.54) is 23.1 Å². The van der Waals surface area contributed by atoms with Crippen LogP contribution in [-0.4, -0.2) is 79.7 Å². The van der Waals surface area contributed by atoms with E-state index in [9.17, 15) is 4.79 Å². The average Bonchev–Trinajstić information content (AvgIpc) is 2.99. The first-order chi connectivity index (χ1) is 11.1. The van der Waals surface area contributed by atoms with Crippen molar-refractivity contribution < 1.29 is 14.4 Å². The van der Waals surface area contributed by atoms with Crippen molar-refractivity contribution in [1.29, 1.82) is 0 Å². The lowest BCUT2D eigenvalue weighted by atomic mass is 10.3. The van der Waals surface area contributed by atoms with Crippen LogP contribution in [0.4, 0.5) is 5.13 Å². The third kappa shape index (κ3) is 6.25. The van der Waals surface area contributed by atoms with Crippen LogP contribution in [0.5, 0.6) is 0 Å². The van der Waals surface area contributed by atoms with Crippen LogP contribution >= 0.6 is 23.1 Å². The summed E-state index contributed by atoms with van der Waals surface area (Å²) in [6.45, 7) is 7.93. The lowest BCUT2D eigenvalue weighted by Gasteiger charge is -2.23. The Morgan fingerprint density at radius 3 is 2.87 bits per heavy atom. The molecule has 1 atom stereocenters. The van der Waals surface area contributed by atoms with Crippen LogP contribution in [0.3, 0.4) is 0 Å². The predicted octanol–water partition coefficient (Wildman–Crippen LogP) is -0.176. The number of thioether (sulfide) groups is 1. The van der Waals surface area contributed by atoms with Crippen LogP contribution in [0.15, 0.2) is 4.34 Å². The van der Waals surface area contributed by atoms with Gasteiger partial charge in [0, 0.05) is 27.1 Å². The molecule has 9 heteroatoms. The number of nitrogens with one attached hydrogen (secondary N) is 2. The first-order valence-corrected chi connectivity index (χ1v) is 9.62. The van der Waals surface area contributed by atoms with Crippen molar-refractivity contribution in [1.82, 2.24) is 15.1 Å². The molecule has 0 aliphatic carbocycles. The number of rotatable bonds is 8. The molecule has 0 saturated carbocycles. The Balaban J connectivity index is 1.67. The highest BCUT2D eigenvalue weighted by Gasteiger charge is 2.18. The number of anilines is 1. The molecule has 2 heterocycles. The fourth-order valence-electron chi connectivity index (χ4n) is 2.34. The van der Waals surface area contributed by atoms with E-state index in [0.717, 1.165) is 55.3 Å². The molecular weight excluding hydrogens is 334 g/mol. The third-order valence-electron chi connectivity index (χ3n) is 3.66. The Hall–Kier alpha value is -0.900. The van der Waals surface area contributed by atoms with Gasteiger partial charge in [0.15, 0.2) is 4.34 Å². The minimum Gasteiger partial charge on any atom is -0.370 e. The Labute approximate surface area is 145 Å². The van der Waals surface area contributed by atoms with Crippen LogP contribution < -0.4 is 10.2 Å². The van der Waals surface area contributed by atoms with Crippen molar-refractivity contribution in [2.24, 2.45) is 0 Å². The van der Waals surface area contributed by atoms with Gasteiger partial charge in [-0.05, 0) is 6.92 Å². The van der Waals surface area contributed by atoms with Crippen molar-refractivity contribution >= 4 is 34.1 Å². The number of nitrogens with zero attached hydrogens (tertiary/aromatic N) is 3. The zero-order chi connectivity index (χ0) is 16.7. The molecule has 0 unspecified atom stereocenters. The van der Waals surface area contributed by atoms with Gasteiger partial charge in [0.25, 0.3) is 0 Å². The summed E-state index contributed by atoms with van der Waals surface area (Å²) in [5.74, 6) is 0.0909. The molecule has 1 aliphatic heterocycles. The van der Waals surface area contributed by atoms with Gasteiger partial charge in [-0.2, -0.15) is 0 Å². The predicted molar refractivity (Wildman–Crippen MR) is 93.4 cm³/mol. The largest absolute Gasteiger partial charge is 0.370 e. The van der Waals surface area contributed by atoms with E-state index in [0.29, 0.717) is 0 Å². The summed E-state index contributed by atoms with van der Waals surface area (Å²) in [6, 6.07) is 0. The van der Waals surface area contributed by atoms with Gasteiger partial charge in [-0.25, -0.2) is 0 Å². The van der Waals surface area contributed by atoms with Crippen LogP contribution in [0, 0.1) is 0 Å². The van der Waals surface area contributed by atoms with Crippen molar-refractivity contribution in [3.63, 3.8) is 0 Å². The number of morpholine rings is 1. The molecule has 0 radical (unpaired) electrons. The van der Waals surface area contributed by atoms with Gasteiger partial charge < -0.3 is 19.9 Å². The maximum atomic E-state index is 11.8. The number of carbonyl (C=O) groups is 1. The second-order valence-corrected chi connectivity index (χ2v) is 8.32. The average molecular weight is 361 g/mol. The topological polar surface area (TPSA) is 71.8 Å². The number of ether oxygens (including phenoxy) is 1. The van der Waals surface area contributed by atoms with E-state index in [4.69, 9.17) is 4.74 Å². The van der Waals surface area contributed by atoms with Gasteiger partial charge in [0.2, 0.25) is 11.0 Å². The van der Waals surface area contributed by atoms with Gasteiger partial charge in [0.05, 0.1) is 25.0 Å². The zero-order valence-corrected chi connectivity index (χ0v) is 15.6. The molecule has 1 fully saturated rings.